The smallest absolute Gasteiger partial charge is 0.255 e. The van der Waals surface area contributed by atoms with Gasteiger partial charge in [-0.25, -0.2) is 0 Å². The van der Waals surface area contributed by atoms with Gasteiger partial charge in [0.05, 0.1) is 23.5 Å². The van der Waals surface area contributed by atoms with Crippen LogP contribution in [0.1, 0.15) is 66.2 Å². The van der Waals surface area contributed by atoms with Crippen molar-refractivity contribution in [2.75, 3.05) is 0 Å². The van der Waals surface area contributed by atoms with E-state index in [4.69, 9.17) is 0 Å². The highest BCUT2D eigenvalue weighted by molar-refractivity contribution is 5.95. The second-order valence-electron chi connectivity index (χ2n) is 5.96. The Kier molecular flexibility index (Phi) is 5.23. The third kappa shape index (κ3) is 3.30. The summed E-state index contributed by atoms with van der Waals surface area (Å²) in [6, 6.07) is -0.0864. The molecule has 1 atom stereocenters. The molecule has 0 spiro atoms. The molecule has 2 heterocycles. The minimum absolute atomic E-state index is 0.0830. The summed E-state index contributed by atoms with van der Waals surface area (Å²) in [7, 11) is 0. The van der Waals surface area contributed by atoms with E-state index in [1.165, 1.54) is 0 Å². The summed E-state index contributed by atoms with van der Waals surface area (Å²) in [5.41, 5.74) is 4.73. The van der Waals surface area contributed by atoms with Gasteiger partial charge in [-0.3, -0.25) is 14.2 Å². The average Bonchev–Trinajstić information content (AvgIpc) is 3.00. The van der Waals surface area contributed by atoms with E-state index >= 15 is 0 Å². The summed E-state index contributed by atoms with van der Waals surface area (Å²) in [5.74, 6) is -0.0830. The predicted molar refractivity (Wildman–Crippen MR) is 90.5 cm³/mol. The minimum Gasteiger partial charge on any atom is -0.345 e. The lowest BCUT2D eigenvalue weighted by molar-refractivity contribution is 0.0939. The molecule has 0 aliphatic carbocycles. The zero-order valence-electron chi connectivity index (χ0n) is 15.0. The summed E-state index contributed by atoms with van der Waals surface area (Å²) >= 11 is 0. The summed E-state index contributed by atoms with van der Waals surface area (Å²) in [6.07, 6.45) is 2.65. The fraction of sp³-hybridized carbons (Fsp3) is 0.588. The van der Waals surface area contributed by atoms with Crippen LogP contribution >= 0.6 is 0 Å². The number of hydrogen-bond acceptors (Lipinski definition) is 3. The number of carbonyl (C=O) groups excluding carboxylic acids is 1. The molecule has 23 heavy (non-hydrogen) atoms. The van der Waals surface area contributed by atoms with Crippen molar-refractivity contribution in [2.24, 2.45) is 0 Å². The molecule has 6 nitrogen and oxygen atoms in total. The molecule has 0 aliphatic heterocycles. The van der Waals surface area contributed by atoms with Crippen molar-refractivity contribution >= 4 is 5.91 Å². The van der Waals surface area contributed by atoms with E-state index in [0.717, 1.165) is 42.2 Å². The third-order valence-corrected chi connectivity index (χ3v) is 4.30. The van der Waals surface area contributed by atoms with Crippen LogP contribution in [0.5, 0.6) is 0 Å². The number of nitrogens with zero attached hydrogens (tertiary/aromatic N) is 4. The van der Waals surface area contributed by atoms with Crippen molar-refractivity contribution in [1.82, 2.24) is 24.9 Å². The van der Waals surface area contributed by atoms with Crippen LogP contribution in [0.3, 0.4) is 0 Å². The number of rotatable bonds is 6. The number of hydrogen-bond donors (Lipinski definition) is 1. The van der Waals surface area contributed by atoms with Crippen LogP contribution in [0.25, 0.3) is 0 Å². The number of nitrogens with one attached hydrogen (secondary N) is 1. The number of aromatic nitrogens is 4. The molecule has 0 saturated carbocycles. The van der Waals surface area contributed by atoms with Crippen molar-refractivity contribution in [3.8, 4) is 0 Å². The Balaban J connectivity index is 2.19. The molecule has 0 fully saturated rings. The van der Waals surface area contributed by atoms with Crippen LogP contribution < -0.4 is 5.32 Å². The van der Waals surface area contributed by atoms with Gasteiger partial charge in [0.1, 0.15) is 0 Å². The second kappa shape index (κ2) is 6.98. The highest BCUT2D eigenvalue weighted by Gasteiger charge is 2.21. The Morgan fingerprint density at radius 2 is 1.91 bits per heavy atom. The van der Waals surface area contributed by atoms with Gasteiger partial charge in [0, 0.05) is 30.0 Å². The Labute approximate surface area is 137 Å². The van der Waals surface area contributed by atoms with E-state index < -0.39 is 0 Å². The molecule has 0 radical (unpaired) electrons. The summed E-state index contributed by atoms with van der Waals surface area (Å²) in [4.78, 5) is 12.6. The molecule has 126 valence electrons. The molecular formula is C17H27N5O. The molecule has 6 heteroatoms. The fourth-order valence-electron chi connectivity index (χ4n) is 3.10. The highest BCUT2D eigenvalue weighted by atomic mass is 16.1. The van der Waals surface area contributed by atoms with Gasteiger partial charge in [-0.2, -0.15) is 10.2 Å². The molecule has 2 rings (SSSR count). The zero-order valence-corrected chi connectivity index (χ0v) is 15.0. The zero-order chi connectivity index (χ0) is 17.1. The first kappa shape index (κ1) is 17.2. The predicted octanol–water partition coefficient (Wildman–Crippen LogP) is 2.93. The third-order valence-electron chi connectivity index (χ3n) is 4.30. The molecule has 2 aromatic rings. The molecule has 0 unspecified atom stereocenters. The summed E-state index contributed by atoms with van der Waals surface area (Å²) in [6.45, 7) is 13.8. The maximum Gasteiger partial charge on any atom is 0.255 e. The van der Waals surface area contributed by atoms with Crippen molar-refractivity contribution in [3.63, 3.8) is 0 Å². The van der Waals surface area contributed by atoms with E-state index in [9.17, 15) is 4.79 Å². The van der Waals surface area contributed by atoms with Crippen molar-refractivity contribution in [3.05, 3.63) is 34.4 Å². The largest absolute Gasteiger partial charge is 0.345 e. The minimum atomic E-state index is -0.0864. The van der Waals surface area contributed by atoms with Crippen LogP contribution in [0.4, 0.5) is 0 Å². The monoisotopic (exact) mass is 317 g/mol. The van der Waals surface area contributed by atoms with Gasteiger partial charge in [-0.15, -0.1) is 0 Å². The van der Waals surface area contributed by atoms with Crippen LogP contribution in [-0.4, -0.2) is 25.5 Å². The first-order chi connectivity index (χ1) is 10.9. The van der Waals surface area contributed by atoms with Crippen LogP contribution in [0.2, 0.25) is 0 Å². The van der Waals surface area contributed by atoms with Gasteiger partial charge in [-0.1, -0.05) is 6.92 Å². The van der Waals surface area contributed by atoms with Crippen LogP contribution in [-0.2, 0) is 13.1 Å². The standard InChI is InChI=1S/C17H27N5O/c1-7-9-22-13(5)15(10-18-22)17(23)19-11(3)16-12(4)20-21(8-2)14(16)6/h10-11H,7-9H2,1-6H3,(H,19,23)/t11-/m1/s1. The maximum absolute atomic E-state index is 12.6. The Bertz CT molecular complexity index is 698. The Morgan fingerprint density at radius 1 is 1.22 bits per heavy atom. The van der Waals surface area contributed by atoms with E-state index in [1.807, 2.05) is 37.1 Å². The second-order valence-corrected chi connectivity index (χ2v) is 5.96. The molecule has 2 aromatic heterocycles. The lowest BCUT2D eigenvalue weighted by Gasteiger charge is -2.15. The van der Waals surface area contributed by atoms with Gasteiger partial charge in [0.15, 0.2) is 0 Å². The van der Waals surface area contributed by atoms with Crippen LogP contribution in [0.15, 0.2) is 6.20 Å². The van der Waals surface area contributed by atoms with Gasteiger partial charge in [0.2, 0.25) is 0 Å². The molecule has 0 bridgehead atoms. The molecule has 0 aromatic carbocycles. The fourth-order valence-corrected chi connectivity index (χ4v) is 3.10. The van der Waals surface area contributed by atoms with Crippen LogP contribution in [0, 0.1) is 20.8 Å². The molecule has 0 aliphatic rings. The first-order valence-corrected chi connectivity index (χ1v) is 8.27. The summed E-state index contributed by atoms with van der Waals surface area (Å²) in [5, 5.41) is 11.9. The number of carbonyl (C=O) groups is 1. The van der Waals surface area contributed by atoms with Gasteiger partial charge >= 0.3 is 0 Å². The quantitative estimate of drug-likeness (QED) is 0.891. The normalized spacial score (nSPS) is 12.4. The van der Waals surface area contributed by atoms with E-state index in [-0.39, 0.29) is 11.9 Å². The lowest BCUT2D eigenvalue weighted by Crippen LogP contribution is -2.27. The Morgan fingerprint density at radius 3 is 2.48 bits per heavy atom. The van der Waals surface area contributed by atoms with Gasteiger partial charge < -0.3 is 5.32 Å². The SMILES string of the molecule is CCCn1ncc(C(=O)N[C@H](C)c2c(C)nn(CC)c2C)c1C. The van der Waals surface area contributed by atoms with E-state index in [1.54, 1.807) is 6.20 Å². The molecule has 0 saturated heterocycles. The maximum atomic E-state index is 12.6. The van der Waals surface area contributed by atoms with Crippen molar-refractivity contribution in [1.29, 1.82) is 0 Å². The molecular weight excluding hydrogens is 290 g/mol. The molecule has 1 N–H and O–H groups in total. The number of aryl methyl sites for hydroxylation is 3. The van der Waals surface area contributed by atoms with E-state index in [0.29, 0.717) is 5.56 Å². The highest BCUT2D eigenvalue weighted by Crippen LogP contribution is 2.22. The van der Waals surface area contributed by atoms with Gasteiger partial charge in [0.25, 0.3) is 5.91 Å². The molecule has 1 amide bonds. The van der Waals surface area contributed by atoms with Gasteiger partial charge in [-0.05, 0) is 41.0 Å². The summed E-state index contributed by atoms with van der Waals surface area (Å²) < 4.78 is 3.85. The average molecular weight is 317 g/mol. The first-order valence-electron chi connectivity index (χ1n) is 8.27. The number of amides is 1. The Hall–Kier alpha value is -2.11. The van der Waals surface area contributed by atoms with E-state index in [2.05, 4.69) is 29.4 Å². The van der Waals surface area contributed by atoms with Crippen molar-refractivity contribution < 1.29 is 4.79 Å². The lowest BCUT2D eigenvalue weighted by atomic mass is 10.1. The topological polar surface area (TPSA) is 64.7 Å². The van der Waals surface area contributed by atoms with Crippen molar-refractivity contribution in [2.45, 2.75) is 67.1 Å².